The van der Waals surface area contributed by atoms with Crippen LogP contribution in [0.4, 0.5) is 5.69 Å². The fraction of sp³-hybridized carbons (Fsp3) is 0.565. The quantitative estimate of drug-likeness (QED) is 0.629. The molecule has 1 saturated heterocycles. The Labute approximate surface area is 175 Å². The number of anilines is 1. The van der Waals surface area contributed by atoms with E-state index >= 15 is 0 Å². The summed E-state index contributed by atoms with van der Waals surface area (Å²) < 4.78 is 1.03. The van der Waals surface area contributed by atoms with Gasteiger partial charge in [-0.2, -0.15) is 0 Å². The van der Waals surface area contributed by atoms with Gasteiger partial charge < -0.3 is 5.32 Å². The van der Waals surface area contributed by atoms with E-state index in [4.69, 9.17) is 0 Å². The van der Waals surface area contributed by atoms with Crippen LogP contribution < -0.4 is 5.32 Å². The van der Waals surface area contributed by atoms with E-state index in [1.807, 2.05) is 18.3 Å². The zero-order chi connectivity index (χ0) is 19.1. The molecule has 1 aromatic carbocycles. The van der Waals surface area contributed by atoms with Crippen LogP contribution in [0, 0.1) is 5.92 Å². The van der Waals surface area contributed by atoms with Gasteiger partial charge in [-0.25, -0.2) is 0 Å². The number of carbonyl (C=O) groups is 1. The van der Waals surface area contributed by atoms with Crippen molar-refractivity contribution in [2.24, 2.45) is 5.92 Å². The lowest BCUT2D eigenvalue weighted by molar-refractivity contribution is 0.0968. The Morgan fingerprint density at radius 1 is 1.07 bits per heavy atom. The smallest absolute Gasteiger partial charge is 0.169 e. The number of rotatable bonds is 5. The molecule has 5 rings (SSSR count). The van der Waals surface area contributed by atoms with E-state index < -0.39 is 0 Å². The molecule has 3 aliphatic rings. The second kappa shape index (κ2) is 7.75. The normalized spacial score (nSPS) is 25.9. The number of carbonyl (C=O) groups excluding carboxylic acids is 1. The maximum atomic E-state index is 13.0. The van der Waals surface area contributed by atoms with Crippen molar-refractivity contribution in [2.45, 2.75) is 63.5 Å². The maximum absolute atomic E-state index is 13.0. The highest BCUT2D eigenvalue weighted by Gasteiger charge is 2.35. The highest BCUT2D eigenvalue weighted by Crippen LogP contribution is 2.38. The Hall–Kier alpha value is -1.46. The fourth-order valence-corrected chi connectivity index (χ4v) is 5.41. The summed E-state index contributed by atoms with van der Waals surface area (Å²) in [4.78, 5) is 20.3. The van der Waals surface area contributed by atoms with Crippen molar-refractivity contribution >= 4 is 38.3 Å². The topological polar surface area (TPSA) is 45.2 Å². The third kappa shape index (κ3) is 3.59. The number of nitrogens with one attached hydrogen (secondary N) is 1. The SMILES string of the molecule is O=C(c1cnc2ccc(Br)cc2c1NC1CCCCC1N1CCCC1)C1CC1. The van der Waals surface area contributed by atoms with E-state index in [0.29, 0.717) is 12.1 Å². The van der Waals surface area contributed by atoms with Gasteiger partial charge in [-0.3, -0.25) is 14.7 Å². The predicted octanol–water partition coefficient (Wildman–Crippen LogP) is 5.41. The summed E-state index contributed by atoms with van der Waals surface area (Å²) in [5.74, 6) is 0.470. The van der Waals surface area contributed by atoms with Crippen molar-refractivity contribution in [3.63, 3.8) is 0 Å². The highest BCUT2D eigenvalue weighted by atomic mass is 79.9. The van der Waals surface area contributed by atoms with Gasteiger partial charge in [-0.05, 0) is 69.8 Å². The summed E-state index contributed by atoms with van der Waals surface area (Å²) in [5, 5.41) is 4.95. The Morgan fingerprint density at radius 2 is 1.86 bits per heavy atom. The lowest BCUT2D eigenvalue weighted by atomic mass is 9.88. The van der Waals surface area contributed by atoms with Gasteiger partial charge in [0.1, 0.15) is 0 Å². The second-order valence-corrected chi connectivity index (χ2v) is 9.61. The van der Waals surface area contributed by atoms with E-state index in [1.54, 1.807) is 0 Å². The summed E-state index contributed by atoms with van der Waals surface area (Å²) in [6.45, 7) is 2.44. The lowest BCUT2D eigenvalue weighted by Gasteiger charge is -2.39. The zero-order valence-electron chi connectivity index (χ0n) is 16.3. The molecule has 2 atom stereocenters. The van der Waals surface area contributed by atoms with Crippen LogP contribution in [-0.4, -0.2) is 40.8 Å². The number of pyridine rings is 1. The van der Waals surface area contributed by atoms with Crippen LogP contribution >= 0.6 is 15.9 Å². The van der Waals surface area contributed by atoms with Crippen LogP contribution in [0.25, 0.3) is 10.9 Å². The molecule has 1 N–H and O–H groups in total. The average molecular weight is 442 g/mol. The summed E-state index contributed by atoms with van der Waals surface area (Å²) in [5.41, 5.74) is 2.75. The first-order valence-electron chi connectivity index (χ1n) is 10.8. The number of fused-ring (bicyclic) bond motifs is 1. The summed E-state index contributed by atoms with van der Waals surface area (Å²) in [6, 6.07) is 7.16. The molecule has 1 aromatic heterocycles. The molecule has 2 unspecified atom stereocenters. The number of Topliss-reactive ketones (excluding diaryl/α,β-unsaturated/α-hetero) is 1. The third-order valence-corrected chi connectivity index (χ3v) is 7.21. The first-order chi connectivity index (χ1) is 13.7. The standard InChI is InChI=1S/C23H28BrN3O/c24-16-9-10-19-17(13-16)22(18(14-25-19)23(28)15-7-8-15)26-20-5-1-2-6-21(20)27-11-3-4-12-27/h9-10,13-15,20-21H,1-8,11-12H2,(H,25,26). The largest absolute Gasteiger partial charge is 0.380 e. The number of halogens is 1. The molecule has 3 fully saturated rings. The van der Waals surface area contributed by atoms with Crippen molar-refractivity contribution in [3.05, 3.63) is 34.4 Å². The van der Waals surface area contributed by atoms with Crippen LogP contribution in [0.2, 0.25) is 0 Å². The fourth-order valence-electron chi connectivity index (χ4n) is 5.05. The Balaban J connectivity index is 1.54. The van der Waals surface area contributed by atoms with Crippen molar-refractivity contribution in [2.75, 3.05) is 18.4 Å². The van der Waals surface area contributed by atoms with Crippen molar-refractivity contribution < 1.29 is 4.79 Å². The predicted molar refractivity (Wildman–Crippen MR) is 117 cm³/mol. The number of aromatic nitrogens is 1. The van der Waals surface area contributed by atoms with Gasteiger partial charge in [-0.15, -0.1) is 0 Å². The van der Waals surface area contributed by atoms with E-state index in [-0.39, 0.29) is 11.7 Å². The molecule has 4 nitrogen and oxygen atoms in total. The average Bonchev–Trinajstić information content (AvgIpc) is 3.43. The van der Waals surface area contributed by atoms with Gasteiger partial charge in [0.25, 0.3) is 0 Å². The van der Waals surface area contributed by atoms with Gasteiger partial charge in [0.05, 0.1) is 16.8 Å². The van der Waals surface area contributed by atoms with Gasteiger partial charge in [0, 0.05) is 34.1 Å². The maximum Gasteiger partial charge on any atom is 0.169 e. The molecule has 2 saturated carbocycles. The number of nitrogens with zero attached hydrogens (tertiary/aromatic N) is 2. The molecule has 1 aliphatic heterocycles. The zero-order valence-corrected chi connectivity index (χ0v) is 17.9. The van der Waals surface area contributed by atoms with E-state index in [9.17, 15) is 4.79 Å². The number of likely N-dealkylation sites (tertiary alicyclic amines) is 1. The number of hydrogen-bond donors (Lipinski definition) is 1. The van der Waals surface area contributed by atoms with Gasteiger partial charge in [0.15, 0.2) is 5.78 Å². The van der Waals surface area contributed by atoms with Crippen LogP contribution in [0.5, 0.6) is 0 Å². The van der Waals surface area contributed by atoms with E-state index in [1.165, 1.54) is 51.6 Å². The highest BCUT2D eigenvalue weighted by molar-refractivity contribution is 9.10. The van der Waals surface area contributed by atoms with Gasteiger partial charge >= 0.3 is 0 Å². The Kier molecular flexibility index (Phi) is 5.14. The summed E-state index contributed by atoms with van der Waals surface area (Å²) in [6.07, 6.45) is 11.5. The lowest BCUT2D eigenvalue weighted by Crippen LogP contribution is -2.47. The van der Waals surface area contributed by atoms with Crippen molar-refractivity contribution in [1.29, 1.82) is 0 Å². The molecule has 5 heteroatoms. The number of benzene rings is 1. The summed E-state index contributed by atoms with van der Waals surface area (Å²) in [7, 11) is 0. The molecule has 2 aliphatic carbocycles. The molecule has 28 heavy (non-hydrogen) atoms. The molecule has 0 spiro atoms. The number of hydrogen-bond acceptors (Lipinski definition) is 4. The summed E-state index contributed by atoms with van der Waals surface area (Å²) >= 11 is 3.61. The molecule has 0 bridgehead atoms. The van der Waals surface area contributed by atoms with Gasteiger partial charge in [0.2, 0.25) is 0 Å². The van der Waals surface area contributed by atoms with Crippen molar-refractivity contribution in [3.8, 4) is 0 Å². The first-order valence-corrected chi connectivity index (χ1v) is 11.6. The van der Waals surface area contributed by atoms with Gasteiger partial charge in [-0.1, -0.05) is 28.8 Å². The van der Waals surface area contributed by atoms with Crippen LogP contribution in [0.3, 0.4) is 0 Å². The number of ketones is 1. The van der Waals surface area contributed by atoms with E-state index in [2.05, 4.69) is 37.2 Å². The molecular weight excluding hydrogens is 414 g/mol. The minimum atomic E-state index is 0.202. The third-order valence-electron chi connectivity index (χ3n) is 6.71. The Morgan fingerprint density at radius 3 is 2.64 bits per heavy atom. The first kappa shape index (κ1) is 18.6. The minimum absolute atomic E-state index is 0.202. The second-order valence-electron chi connectivity index (χ2n) is 8.69. The molecule has 2 aromatic rings. The molecule has 148 valence electrons. The van der Waals surface area contributed by atoms with Crippen molar-refractivity contribution in [1.82, 2.24) is 9.88 Å². The van der Waals surface area contributed by atoms with E-state index in [0.717, 1.165) is 39.5 Å². The molecular formula is C23H28BrN3O. The van der Waals surface area contributed by atoms with Crippen LogP contribution in [0.1, 0.15) is 61.7 Å². The minimum Gasteiger partial charge on any atom is -0.380 e. The molecule has 2 heterocycles. The molecule has 0 amide bonds. The van der Waals surface area contributed by atoms with Crippen LogP contribution in [0.15, 0.2) is 28.9 Å². The molecule has 0 radical (unpaired) electrons. The van der Waals surface area contributed by atoms with Crippen LogP contribution in [-0.2, 0) is 0 Å². The monoisotopic (exact) mass is 441 g/mol. The Bertz CT molecular complexity index is 889.